The predicted molar refractivity (Wildman–Crippen MR) is 74.7 cm³/mol. The summed E-state index contributed by atoms with van der Waals surface area (Å²) in [5.41, 5.74) is -0.319. The van der Waals surface area contributed by atoms with Crippen LogP contribution < -0.4 is 5.32 Å². The van der Waals surface area contributed by atoms with Crippen LogP contribution >= 0.6 is 0 Å². The molecule has 1 amide bonds. The van der Waals surface area contributed by atoms with Gasteiger partial charge in [0, 0.05) is 12.1 Å². The van der Waals surface area contributed by atoms with Gasteiger partial charge in [0.05, 0.1) is 6.54 Å². The van der Waals surface area contributed by atoms with Crippen molar-refractivity contribution in [2.24, 2.45) is 0 Å². The molecule has 0 saturated heterocycles. The third-order valence-electron chi connectivity index (χ3n) is 2.75. The van der Waals surface area contributed by atoms with Crippen molar-refractivity contribution in [2.75, 3.05) is 19.6 Å². The van der Waals surface area contributed by atoms with Gasteiger partial charge in [0.1, 0.15) is 0 Å². The third-order valence-corrected chi connectivity index (χ3v) is 2.75. The first-order valence-electron chi connectivity index (χ1n) is 6.54. The highest BCUT2D eigenvalue weighted by Gasteiger charge is 2.24. The fourth-order valence-electron chi connectivity index (χ4n) is 1.75. The number of hydrogen-bond donors (Lipinski definition) is 2. The maximum Gasteiger partial charge on any atom is 0.407 e. The van der Waals surface area contributed by atoms with E-state index in [1.54, 1.807) is 0 Å². The molecule has 0 radical (unpaired) electrons. The fraction of sp³-hybridized carbons (Fsp3) is 0.786. The summed E-state index contributed by atoms with van der Waals surface area (Å²) in [7, 11) is 0. The van der Waals surface area contributed by atoms with Gasteiger partial charge in [0.25, 0.3) is 0 Å². The quantitative estimate of drug-likeness (QED) is 0.517. The minimum atomic E-state index is -0.835. The van der Waals surface area contributed by atoms with Crippen molar-refractivity contribution in [1.82, 2.24) is 10.2 Å². The molecule has 0 saturated carbocycles. The number of rotatable bonds is 8. The molecule has 0 heterocycles. The van der Waals surface area contributed by atoms with Crippen LogP contribution in [0, 0.1) is 12.3 Å². The molecule has 0 spiro atoms. The van der Waals surface area contributed by atoms with E-state index in [2.05, 4.69) is 11.2 Å². The van der Waals surface area contributed by atoms with E-state index in [-0.39, 0.29) is 5.54 Å². The Labute approximate surface area is 111 Å². The lowest BCUT2D eigenvalue weighted by Crippen LogP contribution is -2.45. The van der Waals surface area contributed by atoms with Gasteiger partial charge in [-0.2, -0.15) is 0 Å². The maximum absolute atomic E-state index is 11.1. The van der Waals surface area contributed by atoms with Crippen LogP contribution in [0.25, 0.3) is 0 Å². The molecule has 0 bridgehead atoms. The second kappa shape index (κ2) is 8.82. The molecule has 0 rings (SSSR count). The van der Waals surface area contributed by atoms with E-state index in [1.165, 1.54) is 4.90 Å². The van der Waals surface area contributed by atoms with Crippen LogP contribution in [0.15, 0.2) is 0 Å². The Morgan fingerprint density at radius 1 is 1.28 bits per heavy atom. The van der Waals surface area contributed by atoms with Crippen LogP contribution in [0.3, 0.4) is 0 Å². The smallest absolute Gasteiger partial charge is 0.407 e. The van der Waals surface area contributed by atoms with Gasteiger partial charge in [-0.05, 0) is 40.2 Å². The van der Waals surface area contributed by atoms with Gasteiger partial charge in [-0.1, -0.05) is 18.8 Å². The van der Waals surface area contributed by atoms with E-state index in [0.29, 0.717) is 13.1 Å². The van der Waals surface area contributed by atoms with E-state index in [0.717, 1.165) is 32.2 Å². The van der Waals surface area contributed by atoms with Crippen molar-refractivity contribution in [3.8, 4) is 12.3 Å². The standard InChI is InChI=1S/C14H26N2O2/c1-5-10-15-11-8-6-7-9-12-16(13(17)18)14(2,3)4/h1,15H,6-12H2,2-4H3,(H,17,18). The van der Waals surface area contributed by atoms with Gasteiger partial charge < -0.3 is 15.3 Å². The van der Waals surface area contributed by atoms with Crippen LogP contribution in [-0.2, 0) is 0 Å². The molecule has 0 unspecified atom stereocenters. The molecular formula is C14H26N2O2. The van der Waals surface area contributed by atoms with Crippen molar-refractivity contribution in [3.05, 3.63) is 0 Å². The zero-order chi connectivity index (χ0) is 14.0. The predicted octanol–water partition coefficient (Wildman–Crippen LogP) is 2.55. The lowest BCUT2D eigenvalue weighted by molar-refractivity contribution is 0.0990. The molecule has 0 fully saturated rings. The summed E-state index contributed by atoms with van der Waals surface area (Å²) in [6, 6.07) is 0. The van der Waals surface area contributed by atoms with Crippen molar-refractivity contribution >= 4 is 6.09 Å². The number of nitrogens with zero attached hydrogens (tertiary/aromatic N) is 1. The number of unbranched alkanes of at least 4 members (excludes halogenated alkanes) is 3. The Morgan fingerprint density at radius 2 is 1.89 bits per heavy atom. The molecule has 0 aromatic heterocycles. The largest absolute Gasteiger partial charge is 0.465 e. The lowest BCUT2D eigenvalue weighted by atomic mass is 10.1. The first-order valence-corrected chi connectivity index (χ1v) is 6.54. The van der Waals surface area contributed by atoms with E-state index in [9.17, 15) is 4.79 Å². The molecular weight excluding hydrogens is 228 g/mol. The van der Waals surface area contributed by atoms with Gasteiger partial charge in [-0.25, -0.2) is 4.79 Å². The second-order valence-electron chi connectivity index (χ2n) is 5.40. The van der Waals surface area contributed by atoms with E-state index in [4.69, 9.17) is 11.5 Å². The Bertz CT molecular complexity index is 276. The number of terminal acetylenes is 1. The topological polar surface area (TPSA) is 52.6 Å². The first-order chi connectivity index (χ1) is 8.39. The van der Waals surface area contributed by atoms with Crippen LogP contribution in [-0.4, -0.2) is 41.3 Å². The molecule has 104 valence electrons. The summed E-state index contributed by atoms with van der Waals surface area (Å²) in [4.78, 5) is 12.6. The van der Waals surface area contributed by atoms with Crippen molar-refractivity contribution in [3.63, 3.8) is 0 Å². The molecule has 0 aliphatic rings. The van der Waals surface area contributed by atoms with Crippen LogP contribution in [0.4, 0.5) is 4.79 Å². The Morgan fingerprint density at radius 3 is 2.39 bits per heavy atom. The fourth-order valence-corrected chi connectivity index (χ4v) is 1.75. The Kier molecular flexibility index (Phi) is 8.23. The van der Waals surface area contributed by atoms with E-state index >= 15 is 0 Å². The van der Waals surface area contributed by atoms with Gasteiger partial charge in [0.15, 0.2) is 0 Å². The van der Waals surface area contributed by atoms with Gasteiger partial charge >= 0.3 is 6.09 Å². The number of carboxylic acid groups (broad SMARTS) is 1. The van der Waals surface area contributed by atoms with Crippen LogP contribution in [0.5, 0.6) is 0 Å². The summed E-state index contributed by atoms with van der Waals surface area (Å²) in [5.74, 6) is 2.53. The van der Waals surface area contributed by atoms with Crippen molar-refractivity contribution < 1.29 is 9.90 Å². The number of amides is 1. The number of hydrogen-bond acceptors (Lipinski definition) is 2. The van der Waals surface area contributed by atoms with Gasteiger partial charge in [0.2, 0.25) is 0 Å². The monoisotopic (exact) mass is 254 g/mol. The summed E-state index contributed by atoms with van der Waals surface area (Å²) in [6.45, 7) is 7.93. The molecule has 2 N–H and O–H groups in total. The van der Waals surface area contributed by atoms with Crippen LogP contribution in [0.2, 0.25) is 0 Å². The highest BCUT2D eigenvalue weighted by Crippen LogP contribution is 2.14. The molecule has 4 heteroatoms. The second-order valence-corrected chi connectivity index (χ2v) is 5.40. The molecule has 18 heavy (non-hydrogen) atoms. The van der Waals surface area contributed by atoms with Gasteiger partial charge in [-0.3, -0.25) is 0 Å². The third kappa shape index (κ3) is 7.97. The molecule has 0 aliphatic carbocycles. The van der Waals surface area contributed by atoms with Gasteiger partial charge in [-0.15, -0.1) is 6.42 Å². The molecule has 0 aliphatic heterocycles. The highest BCUT2D eigenvalue weighted by molar-refractivity contribution is 5.65. The van der Waals surface area contributed by atoms with Crippen molar-refractivity contribution in [1.29, 1.82) is 0 Å². The number of carbonyl (C=O) groups is 1. The van der Waals surface area contributed by atoms with E-state index in [1.807, 2.05) is 20.8 Å². The molecule has 0 aromatic rings. The summed E-state index contributed by atoms with van der Waals surface area (Å²) in [5, 5.41) is 12.2. The average molecular weight is 254 g/mol. The summed E-state index contributed by atoms with van der Waals surface area (Å²) < 4.78 is 0. The summed E-state index contributed by atoms with van der Waals surface area (Å²) >= 11 is 0. The zero-order valence-electron chi connectivity index (χ0n) is 11.8. The molecule has 0 atom stereocenters. The minimum absolute atomic E-state index is 0.319. The Balaban J connectivity index is 3.64. The first kappa shape index (κ1) is 16.8. The normalized spacial score (nSPS) is 11.0. The van der Waals surface area contributed by atoms with Crippen molar-refractivity contribution in [2.45, 2.75) is 52.0 Å². The summed E-state index contributed by atoms with van der Waals surface area (Å²) in [6.07, 6.45) is 8.45. The maximum atomic E-state index is 11.1. The minimum Gasteiger partial charge on any atom is -0.465 e. The molecule has 4 nitrogen and oxygen atoms in total. The average Bonchev–Trinajstić information content (AvgIpc) is 2.24. The highest BCUT2D eigenvalue weighted by atomic mass is 16.4. The Hall–Kier alpha value is -1.21. The zero-order valence-corrected chi connectivity index (χ0v) is 11.8. The van der Waals surface area contributed by atoms with E-state index < -0.39 is 6.09 Å². The molecule has 0 aromatic carbocycles. The number of nitrogens with one attached hydrogen (secondary N) is 1. The van der Waals surface area contributed by atoms with Crippen LogP contribution in [0.1, 0.15) is 46.5 Å². The lowest BCUT2D eigenvalue weighted by Gasteiger charge is -2.33. The SMILES string of the molecule is C#CCNCCCCCCN(C(=O)O)C(C)(C)C.